The first kappa shape index (κ1) is 18.9. The van der Waals surface area contributed by atoms with E-state index in [9.17, 15) is 9.59 Å². The lowest BCUT2D eigenvalue weighted by molar-refractivity contribution is -0.129. The van der Waals surface area contributed by atoms with Crippen LogP contribution in [-0.4, -0.2) is 24.2 Å². The number of hydrogen-bond donors (Lipinski definition) is 2. The molecule has 0 heterocycles. The maximum Gasteiger partial charge on any atom is 0.276 e. The average molecular weight is 358 g/mol. The minimum atomic E-state index is -0.397. The number of thioether (sulfide) groups is 1. The van der Waals surface area contributed by atoms with Crippen molar-refractivity contribution in [2.24, 2.45) is 0 Å². The molecular weight excluding hydrogens is 336 g/mol. The topological polar surface area (TPSA) is 67.4 Å². The van der Waals surface area contributed by atoms with Crippen molar-refractivity contribution in [3.8, 4) is 5.75 Å². The summed E-state index contributed by atoms with van der Waals surface area (Å²) in [6, 6.07) is 15.6. The second-order valence-corrected chi connectivity index (χ2v) is 6.69. The number of ether oxygens (including phenoxy) is 1. The largest absolute Gasteiger partial charge is 0.483 e. The Morgan fingerprint density at radius 1 is 0.920 bits per heavy atom. The Hall–Kier alpha value is -2.47. The molecule has 0 aromatic heterocycles. The molecule has 2 aromatic rings. The second kappa shape index (κ2) is 9.74. The molecule has 0 saturated carbocycles. The van der Waals surface area contributed by atoms with E-state index in [0.29, 0.717) is 17.9 Å². The third-order valence-corrected chi connectivity index (χ3v) is 4.45. The molecule has 6 heteroatoms. The van der Waals surface area contributed by atoms with E-state index in [-0.39, 0.29) is 12.5 Å². The van der Waals surface area contributed by atoms with Crippen LogP contribution in [0, 0.1) is 13.8 Å². The average Bonchev–Trinajstić information content (AvgIpc) is 2.60. The third-order valence-electron chi connectivity index (χ3n) is 3.44. The number of rotatable bonds is 7. The Bertz CT molecular complexity index is 700. The van der Waals surface area contributed by atoms with Gasteiger partial charge in [-0.2, -0.15) is 0 Å². The van der Waals surface area contributed by atoms with Gasteiger partial charge in [-0.05, 0) is 37.1 Å². The molecule has 2 N–H and O–H groups in total. The maximum absolute atomic E-state index is 11.8. The van der Waals surface area contributed by atoms with E-state index < -0.39 is 5.91 Å². The van der Waals surface area contributed by atoms with Crippen LogP contribution in [0.2, 0.25) is 0 Å². The van der Waals surface area contributed by atoms with Gasteiger partial charge < -0.3 is 4.74 Å². The highest BCUT2D eigenvalue weighted by molar-refractivity contribution is 7.99. The number of hydrazine groups is 1. The Morgan fingerprint density at radius 3 is 2.24 bits per heavy atom. The summed E-state index contributed by atoms with van der Waals surface area (Å²) < 4.78 is 5.53. The molecule has 0 fully saturated rings. The molecule has 0 saturated heterocycles. The second-order valence-electron chi connectivity index (χ2n) is 5.52. The van der Waals surface area contributed by atoms with Gasteiger partial charge >= 0.3 is 0 Å². The molecule has 0 aliphatic rings. The molecule has 0 aliphatic heterocycles. The zero-order valence-electron chi connectivity index (χ0n) is 14.4. The summed E-state index contributed by atoms with van der Waals surface area (Å²) in [6.07, 6.45) is 0.317. The lowest BCUT2D eigenvalue weighted by atomic mass is 10.1. The number of nitrogens with one attached hydrogen (secondary N) is 2. The molecule has 2 aromatic carbocycles. The van der Waals surface area contributed by atoms with Gasteiger partial charge in [0.15, 0.2) is 6.61 Å². The first-order chi connectivity index (χ1) is 12.1. The van der Waals surface area contributed by atoms with Gasteiger partial charge in [0.1, 0.15) is 5.75 Å². The van der Waals surface area contributed by atoms with Gasteiger partial charge in [0, 0.05) is 17.1 Å². The number of aryl methyl sites for hydroxylation is 2. The monoisotopic (exact) mass is 358 g/mol. The fraction of sp³-hybridized carbons (Fsp3) is 0.263. The van der Waals surface area contributed by atoms with Crippen LogP contribution in [0.25, 0.3) is 0 Å². The summed E-state index contributed by atoms with van der Waals surface area (Å²) >= 11 is 1.60. The van der Waals surface area contributed by atoms with Crippen molar-refractivity contribution in [2.75, 3.05) is 12.4 Å². The van der Waals surface area contributed by atoms with E-state index in [0.717, 1.165) is 16.0 Å². The molecular formula is C19H22N2O3S. The Balaban J connectivity index is 1.65. The van der Waals surface area contributed by atoms with Gasteiger partial charge in [0.2, 0.25) is 5.91 Å². The Labute approximate surface area is 152 Å². The van der Waals surface area contributed by atoms with E-state index in [1.807, 2.05) is 62.4 Å². The predicted octanol–water partition coefficient (Wildman–Crippen LogP) is 3.01. The molecule has 2 rings (SSSR count). The fourth-order valence-corrected chi connectivity index (χ4v) is 3.05. The lowest BCUT2D eigenvalue weighted by Crippen LogP contribution is -2.44. The van der Waals surface area contributed by atoms with Crippen molar-refractivity contribution >= 4 is 23.6 Å². The van der Waals surface area contributed by atoms with Crippen LogP contribution in [0.1, 0.15) is 17.5 Å². The molecule has 5 nitrogen and oxygen atoms in total. The van der Waals surface area contributed by atoms with Gasteiger partial charge in [-0.1, -0.05) is 36.4 Å². The van der Waals surface area contributed by atoms with Crippen LogP contribution < -0.4 is 15.6 Å². The lowest BCUT2D eigenvalue weighted by Gasteiger charge is -2.12. The minimum Gasteiger partial charge on any atom is -0.483 e. The number of amides is 2. The van der Waals surface area contributed by atoms with E-state index in [1.165, 1.54) is 0 Å². The van der Waals surface area contributed by atoms with E-state index in [2.05, 4.69) is 10.9 Å². The van der Waals surface area contributed by atoms with Crippen LogP contribution in [0.3, 0.4) is 0 Å². The summed E-state index contributed by atoms with van der Waals surface area (Å²) in [5, 5.41) is 0. The van der Waals surface area contributed by atoms with Gasteiger partial charge in [0.05, 0.1) is 0 Å². The summed E-state index contributed by atoms with van der Waals surface area (Å²) in [5.41, 5.74) is 6.70. The summed E-state index contributed by atoms with van der Waals surface area (Å²) in [4.78, 5) is 24.6. The van der Waals surface area contributed by atoms with Gasteiger partial charge in [-0.3, -0.25) is 20.4 Å². The first-order valence-electron chi connectivity index (χ1n) is 8.01. The van der Waals surface area contributed by atoms with E-state index >= 15 is 0 Å². The predicted molar refractivity (Wildman–Crippen MR) is 99.5 cm³/mol. The van der Waals surface area contributed by atoms with Crippen molar-refractivity contribution in [3.05, 3.63) is 59.7 Å². The molecule has 0 bridgehead atoms. The zero-order chi connectivity index (χ0) is 18.1. The quantitative estimate of drug-likeness (QED) is 0.590. The molecule has 0 spiro atoms. The fourth-order valence-electron chi connectivity index (χ4n) is 2.18. The van der Waals surface area contributed by atoms with Crippen molar-refractivity contribution in [1.29, 1.82) is 0 Å². The number of benzene rings is 2. The molecule has 132 valence electrons. The highest BCUT2D eigenvalue weighted by atomic mass is 32.2. The smallest absolute Gasteiger partial charge is 0.276 e. The minimum absolute atomic E-state index is 0.148. The van der Waals surface area contributed by atoms with Crippen LogP contribution in [-0.2, 0) is 9.59 Å². The molecule has 0 unspecified atom stereocenters. The highest BCUT2D eigenvalue weighted by Gasteiger charge is 2.08. The van der Waals surface area contributed by atoms with Crippen LogP contribution >= 0.6 is 11.8 Å². The number of carbonyl (C=O) groups excluding carboxylic acids is 2. The SMILES string of the molecule is Cc1cccc(C)c1OCC(=O)NNC(=O)CCSc1ccccc1. The van der Waals surface area contributed by atoms with Gasteiger partial charge in [-0.25, -0.2) is 0 Å². The van der Waals surface area contributed by atoms with Crippen LogP contribution in [0.4, 0.5) is 0 Å². The molecule has 0 atom stereocenters. The Kier molecular flexibility index (Phi) is 7.35. The van der Waals surface area contributed by atoms with E-state index in [1.54, 1.807) is 11.8 Å². The highest BCUT2D eigenvalue weighted by Crippen LogP contribution is 2.22. The number of para-hydroxylation sites is 1. The summed E-state index contributed by atoms with van der Waals surface area (Å²) in [5.74, 6) is 0.712. The third kappa shape index (κ3) is 6.51. The number of hydrogen-bond acceptors (Lipinski definition) is 4. The summed E-state index contributed by atoms with van der Waals surface area (Å²) in [7, 11) is 0. The Morgan fingerprint density at radius 2 is 1.56 bits per heavy atom. The molecule has 25 heavy (non-hydrogen) atoms. The molecule has 0 radical (unpaired) electrons. The molecule has 0 aliphatic carbocycles. The van der Waals surface area contributed by atoms with Crippen LogP contribution in [0.5, 0.6) is 5.75 Å². The van der Waals surface area contributed by atoms with Crippen LogP contribution in [0.15, 0.2) is 53.4 Å². The van der Waals surface area contributed by atoms with Crippen molar-refractivity contribution < 1.29 is 14.3 Å². The maximum atomic E-state index is 11.8. The normalized spacial score (nSPS) is 10.2. The van der Waals surface area contributed by atoms with Crippen molar-refractivity contribution in [1.82, 2.24) is 10.9 Å². The van der Waals surface area contributed by atoms with Crippen molar-refractivity contribution in [2.45, 2.75) is 25.2 Å². The van der Waals surface area contributed by atoms with Gasteiger partial charge in [0.25, 0.3) is 5.91 Å². The van der Waals surface area contributed by atoms with Gasteiger partial charge in [-0.15, -0.1) is 11.8 Å². The van der Waals surface area contributed by atoms with Crippen molar-refractivity contribution in [3.63, 3.8) is 0 Å². The van der Waals surface area contributed by atoms with E-state index in [4.69, 9.17) is 4.74 Å². The molecule has 2 amide bonds. The summed E-state index contributed by atoms with van der Waals surface area (Å²) in [6.45, 7) is 3.70. The zero-order valence-corrected chi connectivity index (χ0v) is 15.2. The first-order valence-corrected chi connectivity index (χ1v) is 8.99. The standard InChI is InChI=1S/C19H22N2O3S/c1-14-7-6-8-15(2)19(14)24-13-18(23)21-20-17(22)11-12-25-16-9-4-3-5-10-16/h3-10H,11-13H2,1-2H3,(H,20,22)(H,21,23). The number of carbonyl (C=O) groups is 2.